The van der Waals surface area contributed by atoms with E-state index in [1.807, 2.05) is 0 Å². The van der Waals surface area contributed by atoms with Gasteiger partial charge in [-0.05, 0) is 30.0 Å². The van der Waals surface area contributed by atoms with E-state index in [1.165, 1.54) is 12.1 Å². The lowest BCUT2D eigenvalue weighted by Gasteiger charge is -2.09. The molecule has 1 amide bonds. The minimum Gasteiger partial charge on any atom is -0.369 e. The lowest BCUT2D eigenvalue weighted by atomic mass is 9.99. The fourth-order valence-electron chi connectivity index (χ4n) is 2.03. The van der Waals surface area contributed by atoms with E-state index in [9.17, 15) is 18.0 Å². The Labute approximate surface area is 96.6 Å². The first-order valence-electron chi connectivity index (χ1n) is 5.22. The molecule has 5 heteroatoms. The van der Waals surface area contributed by atoms with Gasteiger partial charge in [0.2, 0.25) is 5.91 Å². The molecule has 17 heavy (non-hydrogen) atoms. The number of alkyl halides is 3. The van der Waals surface area contributed by atoms with Gasteiger partial charge in [0.1, 0.15) is 0 Å². The molecule has 0 heterocycles. The van der Waals surface area contributed by atoms with E-state index < -0.39 is 23.1 Å². The van der Waals surface area contributed by atoms with Gasteiger partial charge in [-0.2, -0.15) is 13.2 Å². The van der Waals surface area contributed by atoms with Crippen LogP contribution in [0.1, 0.15) is 30.4 Å². The predicted molar refractivity (Wildman–Crippen MR) is 56.1 cm³/mol. The van der Waals surface area contributed by atoms with Crippen molar-refractivity contribution in [1.82, 2.24) is 0 Å². The number of carbonyl (C=O) groups excluding carboxylic acids is 1. The van der Waals surface area contributed by atoms with Crippen molar-refractivity contribution in [3.05, 3.63) is 35.4 Å². The van der Waals surface area contributed by atoms with Gasteiger partial charge in [0.25, 0.3) is 0 Å². The van der Waals surface area contributed by atoms with Crippen LogP contribution in [0.5, 0.6) is 0 Å². The van der Waals surface area contributed by atoms with Crippen LogP contribution >= 0.6 is 0 Å². The Hall–Kier alpha value is -1.52. The molecule has 1 aliphatic carbocycles. The number of hydrogen-bond acceptors (Lipinski definition) is 1. The highest BCUT2D eigenvalue weighted by molar-refractivity contribution is 5.85. The minimum absolute atomic E-state index is 0.0534. The number of hydrogen-bond donors (Lipinski definition) is 1. The summed E-state index contributed by atoms with van der Waals surface area (Å²) in [5.74, 6) is -0.454. The van der Waals surface area contributed by atoms with Gasteiger partial charge in [0.15, 0.2) is 0 Å². The smallest absolute Gasteiger partial charge is 0.369 e. The van der Waals surface area contributed by atoms with Crippen molar-refractivity contribution in [3.8, 4) is 0 Å². The molecular formula is C12H12F3NO. The summed E-state index contributed by atoms with van der Waals surface area (Å²) in [6, 6.07) is 4.91. The van der Waals surface area contributed by atoms with E-state index >= 15 is 0 Å². The third kappa shape index (κ3) is 2.01. The third-order valence-corrected chi connectivity index (χ3v) is 3.44. The Morgan fingerprint density at radius 3 is 2.24 bits per heavy atom. The van der Waals surface area contributed by atoms with E-state index in [4.69, 9.17) is 5.73 Å². The molecule has 0 saturated heterocycles. The maximum atomic E-state index is 12.3. The van der Waals surface area contributed by atoms with Crippen molar-refractivity contribution in [2.24, 2.45) is 11.1 Å². The highest BCUT2D eigenvalue weighted by atomic mass is 19.4. The van der Waals surface area contributed by atoms with Gasteiger partial charge in [-0.1, -0.05) is 19.1 Å². The van der Waals surface area contributed by atoms with Crippen LogP contribution in [0.25, 0.3) is 0 Å². The summed E-state index contributed by atoms with van der Waals surface area (Å²) in [4.78, 5) is 11.1. The second-order valence-electron chi connectivity index (χ2n) is 4.66. The van der Waals surface area contributed by atoms with E-state index in [0.717, 1.165) is 17.7 Å². The molecule has 1 aromatic carbocycles. The zero-order valence-corrected chi connectivity index (χ0v) is 9.21. The molecule has 0 spiro atoms. The largest absolute Gasteiger partial charge is 0.416 e. The molecule has 1 aliphatic rings. The van der Waals surface area contributed by atoms with Crippen molar-refractivity contribution in [2.45, 2.75) is 25.4 Å². The number of amides is 1. The zero-order chi connectivity index (χ0) is 12.8. The standard InChI is InChI=1S/C12H12F3NO/c1-11(10(16)17)6-9(11)7-2-4-8(5-3-7)12(13,14)15/h2-5,9H,6H2,1H3,(H2,16,17). The number of benzene rings is 1. The number of primary amides is 1. The Morgan fingerprint density at radius 1 is 1.35 bits per heavy atom. The van der Waals surface area contributed by atoms with Gasteiger partial charge in [-0.25, -0.2) is 0 Å². The van der Waals surface area contributed by atoms with Crippen LogP contribution in [-0.2, 0) is 11.0 Å². The maximum absolute atomic E-state index is 12.3. The van der Waals surface area contributed by atoms with Gasteiger partial charge in [-0.3, -0.25) is 4.79 Å². The fourth-order valence-corrected chi connectivity index (χ4v) is 2.03. The van der Waals surface area contributed by atoms with Crippen LogP contribution in [-0.4, -0.2) is 5.91 Å². The van der Waals surface area contributed by atoms with Gasteiger partial charge in [0.05, 0.1) is 11.0 Å². The highest BCUT2D eigenvalue weighted by Crippen LogP contribution is 2.58. The molecule has 0 aromatic heterocycles. The number of rotatable bonds is 2. The summed E-state index contributed by atoms with van der Waals surface area (Å²) in [7, 11) is 0. The SMILES string of the molecule is CC1(C(N)=O)CC1c1ccc(C(F)(F)F)cc1. The topological polar surface area (TPSA) is 43.1 Å². The molecule has 2 N–H and O–H groups in total. The first-order chi connectivity index (χ1) is 7.75. The quantitative estimate of drug-likeness (QED) is 0.852. The molecule has 2 unspecified atom stereocenters. The van der Waals surface area contributed by atoms with Gasteiger partial charge in [0, 0.05) is 0 Å². The van der Waals surface area contributed by atoms with Crippen LogP contribution in [0.4, 0.5) is 13.2 Å². The highest BCUT2D eigenvalue weighted by Gasteiger charge is 2.55. The second-order valence-corrected chi connectivity index (χ2v) is 4.66. The van der Waals surface area contributed by atoms with Crippen molar-refractivity contribution in [1.29, 1.82) is 0 Å². The van der Waals surface area contributed by atoms with E-state index in [0.29, 0.717) is 6.42 Å². The molecule has 92 valence electrons. The Balaban J connectivity index is 2.19. The summed E-state index contributed by atoms with van der Waals surface area (Å²) in [5.41, 5.74) is 4.70. The molecule has 2 nitrogen and oxygen atoms in total. The van der Waals surface area contributed by atoms with Crippen LogP contribution < -0.4 is 5.73 Å². The van der Waals surface area contributed by atoms with E-state index in [1.54, 1.807) is 6.92 Å². The number of halogens is 3. The average molecular weight is 243 g/mol. The number of carbonyl (C=O) groups is 1. The lowest BCUT2D eigenvalue weighted by molar-refractivity contribution is -0.137. The Bertz CT molecular complexity index is 452. The van der Waals surface area contributed by atoms with Gasteiger partial charge in [-0.15, -0.1) is 0 Å². The Morgan fingerprint density at radius 2 is 1.88 bits per heavy atom. The molecular weight excluding hydrogens is 231 g/mol. The van der Waals surface area contributed by atoms with Crippen molar-refractivity contribution in [2.75, 3.05) is 0 Å². The Kier molecular flexibility index (Phi) is 2.45. The van der Waals surface area contributed by atoms with Crippen LogP contribution in [0.3, 0.4) is 0 Å². The van der Waals surface area contributed by atoms with Crippen LogP contribution in [0.15, 0.2) is 24.3 Å². The molecule has 2 atom stereocenters. The lowest BCUT2D eigenvalue weighted by Crippen LogP contribution is -2.23. The zero-order valence-electron chi connectivity index (χ0n) is 9.21. The summed E-state index contributed by atoms with van der Waals surface area (Å²) in [6.07, 6.45) is -3.72. The maximum Gasteiger partial charge on any atom is 0.416 e. The normalized spacial score (nSPS) is 27.9. The van der Waals surface area contributed by atoms with Crippen molar-refractivity contribution < 1.29 is 18.0 Å². The molecule has 1 fully saturated rings. The monoisotopic (exact) mass is 243 g/mol. The van der Waals surface area contributed by atoms with E-state index in [2.05, 4.69) is 0 Å². The van der Waals surface area contributed by atoms with Crippen LogP contribution in [0, 0.1) is 5.41 Å². The van der Waals surface area contributed by atoms with Gasteiger partial charge < -0.3 is 5.73 Å². The van der Waals surface area contributed by atoms with Crippen molar-refractivity contribution in [3.63, 3.8) is 0 Å². The summed E-state index contributed by atoms with van der Waals surface area (Å²) in [5, 5.41) is 0. The summed E-state index contributed by atoms with van der Waals surface area (Å²) in [6.45, 7) is 1.73. The summed E-state index contributed by atoms with van der Waals surface area (Å²) < 4.78 is 37.0. The molecule has 0 aliphatic heterocycles. The molecule has 0 radical (unpaired) electrons. The van der Waals surface area contributed by atoms with Crippen molar-refractivity contribution >= 4 is 5.91 Å². The third-order valence-electron chi connectivity index (χ3n) is 3.44. The first kappa shape index (κ1) is 12.0. The first-order valence-corrected chi connectivity index (χ1v) is 5.22. The van der Waals surface area contributed by atoms with Gasteiger partial charge >= 0.3 is 6.18 Å². The molecule has 2 rings (SSSR count). The van der Waals surface area contributed by atoms with E-state index in [-0.39, 0.29) is 5.92 Å². The predicted octanol–water partition coefficient (Wildman–Crippen LogP) is 2.68. The second kappa shape index (κ2) is 3.48. The fraction of sp³-hybridized carbons (Fsp3) is 0.417. The average Bonchev–Trinajstić information content (AvgIpc) is 2.91. The molecule has 0 bridgehead atoms. The minimum atomic E-state index is -4.32. The van der Waals surface area contributed by atoms with Crippen LogP contribution in [0.2, 0.25) is 0 Å². The molecule has 1 aromatic rings. The number of nitrogens with two attached hydrogens (primary N) is 1. The molecule has 1 saturated carbocycles. The summed E-state index contributed by atoms with van der Waals surface area (Å²) >= 11 is 0.